The van der Waals surface area contributed by atoms with Crippen LogP contribution in [-0.4, -0.2) is 4.57 Å². The van der Waals surface area contributed by atoms with E-state index < -0.39 is 0 Å². The Bertz CT molecular complexity index is 936. The molecule has 0 unspecified atom stereocenters. The number of rotatable bonds is 3. The van der Waals surface area contributed by atoms with Crippen LogP contribution in [-0.2, 0) is 7.05 Å². The summed E-state index contributed by atoms with van der Waals surface area (Å²) in [6.07, 6.45) is 11.5. The van der Waals surface area contributed by atoms with Gasteiger partial charge in [-0.3, -0.25) is 0 Å². The second-order valence-electron chi connectivity index (χ2n) is 5.19. The van der Waals surface area contributed by atoms with E-state index in [-0.39, 0.29) is 0 Å². The highest BCUT2D eigenvalue weighted by Gasteiger charge is 2.08. The quantitative estimate of drug-likeness (QED) is 0.495. The number of hydrogen-bond acceptors (Lipinski definition) is 2. The van der Waals surface area contributed by atoms with Crippen LogP contribution < -0.4 is 4.74 Å². The Morgan fingerprint density at radius 2 is 1.61 bits per heavy atom. The molecule has 1 aromatic heterocycles. The third kappa shape index (κ3) is 3.18. The van der Waals surface area contributed by atoms with Crippen molar-refractivity contribution in [1.82, 2.24) is 4.57 Å². The molecule has 0 aliphatic heterocycles. The van der Waals surface area contributed by atoms with Gasteiger partial charge in [0.25, 0.3) is 0 Å². The average Bonchev–Trinajstić information content (AvgIpc) is 2.58. The molecule has 0 saturated carbocycles. The minimum atomic E-state index is 0.632. The molecule has 0 radical (unpaired) electrons. The molecule has 0 spiro atoms. The van der Waals surface area contributed by atoms with E-state index >= 15 is 0 Å². The minimum Gasteiger partial charge on any atom is -0.408 e. The second-order valence-corrected chi connectivity index (χ2v) is 5.60. The summed E-state index contributed by atoms with van der Waals surface area (Å²) in [6.45, 7) is 0. The first kappa shape index (κ1) is 15.1. The first-order valence-electron chi connectivity index (χ1n) is 7.17. The summed E-state index contributed by atoms with van der Waals surface area (Å²) in [5.74, 6) is 0.632. The highest BCUT2D eigenvalue weighted by Crippen LogP contribution is 2.30. The SMILES string of the molecule is C#COc1cccc(-c2cn(C)cc(-c3ccccc3)c2=S)c1. The molecule has 1 heterocycles. The van der Waals surface area contributed by atoms with Crippen molar-refractivity contribution in [3.63, 3.8) is 0 Å². The van der Waals surface area contributed by atoms with Gasteiger partial charge in [0, 0.05) is 30.6 Å². The summed E-state index contributed by atoms with van der Waals surface area (Å²) < 4.78 is 7.97. The molecule has 0 N–H and O–H groups in total. The summed E-state index contributed by atoms with van der Waals surface area (Å²) >= 11 is 5.73. The smallest absolute Gasteiger partial charge is 0.140 e. The Labute approximate surface area is 141 Å². The fourth-order valence-corrected chi connectivity index (χ4v) is 2.87. The summed E-state index contributed by atoms with van der Waals surface area (Å²) in [4.78, 5) is 0. The van der Waals surface area contributed by atoms with Gasteiger partial charge in [0.2, 0.25) is 0 Å². The van der Waals surface area contributed by atoms with Gasteiger partial charge < -0.3 is 9.30 Å². The lowest BCUT2D eigenvalue weighted by Gasteiger charge is -2.11. The summed E-state index contributed by atoms with van der Waals surface area (Å²) in [5.41, 5.74) is 4.09. The third-order valence-corrected chi connectivity index (χ3v) is 4.00. The maximum atomic E-state index is 5.73. The molecule has 3 heteroatoms. The first-order chi connectivity index (χ1) is 11.2. The van der Waals surface area contributed by atoms with E-state index in [4.69, 9.17) is 23.4 Å². The molecule has 23 heavy (non-hydrogen) atoms. The number of aryl methyl sites for hydroxylation is 1. The zero-order valence-corrected chi connectivity index (χ0v) is 13.5. The predicted molar refractivity (Wildman–Crippen MR) is 96.6 cm³/mol. The third-order valence-electron chi connectivity index (χ3n) is 3.56. The molecule has 0 bridgehead atoms. The van der Waals surface area contributed by atoms with Crippen LogP contribution in [0.2, 0.25) is 0 Å². The van der Waals surface area contributed by atoms with Gasteiger partial charge in [-0.25, -0.2) is 0 Å². The Morgan fingerprint density at radius 1 is 0.957 bits per heavy atom. The van der Waals surface area contributed by atoms with Crippen molar-refractivity contribution in [2.45, 2.75) is 0 Å². The van der Waals surface area contributed by atoms with E-state index in [1.54, 1.807) is 0 Å². The molecular weight excluding hydrogens is 302 g/mol. The van der Waals surface area contributed by atoms with Crippen LogP contribution in [0.5, 0.6) is 5.75 Å². The van der Waals surface area contributed by atoms with Crippen molar-refractivity contribution >= 4 is 12.2 Å². The van der Waals surface area contributed by atoms with Crippen LogP contribution in [0.25, 0.3) is 22.3 Å². The molecule has 2 aromatic carbocycles. The fraction of sp³-hybridized carbons (Fsp3) is 0.0500. The number of ether oxygens (including phenoxy) is 1. The maximum Gasteiger partial charge on any atom is 0.140 e. The first-order valence-corrected chi connectivity index (χ1v) is 7.58. The molecule has 3 rings (SSSR count). The van der Waals surface area contributed by atoms with Gasteiger partial charge in [-0.05, 0) is 23.3 Å². The van der Waals surface area contributed by atoms with Crippen molar-refractivity contribution < 1.29 is 4.74 Å². The molecule has 0 saturated heterocycles. The molecule has 3 aromatic rings. The van der Waals surface area contributed by atoms with E-state index in [1.165, 1.54) is 0 Å². The molecule has 112 valence electrons. The van der Waals surface area contributed by atoms with Gasteiger partial charge in [0.05, 0.1) is 4.51 Å². The summed E-state index contributed by atoms with van der Waals surface area (Å²) in [6, 6.07) is 17.8. The normalized spacial score (nSPS) is 10.1. The maximum absolute atomic E-state index is 5.73. The zero-order valence-electron chi connectivity index (χ0n) is 12.7. The number of benzene rings is 2. The van der Waals surface area contributed by atoms with Gasteiger partial charge in [-0.2, -0.15) is 0 Å². The van der Waals surface area contributed by atoms with E-state index in [2.05, 4.69) is 18.2 Å². The Balaban J connectivity index is 2.18. The highest BCUT2D eigenvalue weighted by atomic mass is 32.1. The number of hydrogen-bond donors (Lipinski definition) is 0. The van der Waals surface area contributed by atoms with Crippen molar-refractivity contribution in [1.29, 1.82) is 0 Å². The van der Waals surface area contributed by atoms with Crippen LogP contribution in [0, 0.1) is 17.0 Å². The molecule has 0 aliphatic rings. The molecule has 0 atom stereocenters. The van der Waals surface area contributed by atoms with Gasteiger partial charge in [-0.15, -0.1) is 0 Å². The van der Waals surface area contributed by atoms with Crippen molar-refractivity contribution in [3.8, 4) is 40.5 Å². The Morgan fingerprint density at radius 3 is 2.30 bits per heavy atom. The lowest BCUT2D eigenvalue weighted by Crippen LogP contribution is -1.95. The van der Waals surface area contributed by atoms with Crippen LogP contribution in [0.4, 0.5) is 0 Å². The van der Waals surface area contributed by atoms with Gasteiger partial charge in [0.15, 0.2) is 0 Å². The number of nitrogens with zero attached hydrogens (tertiary/aromatic N) is 1. The number of terminal acetylenes is 1. The molecule has 0 fully saturated rings. The largest absolute Gasteiger partial charge is 0.408 e. The summed E-state index contributed by atoms with van der Waals surface area (Å²) in [5, 5.41) is 0. The van der Waals surface area contributed by atoms with Gasteiger partial charge in [-0.1, -0.05) is 61.1 Å². The molecule has 0 amide bonds. The van der Waals surface area contributed by atoms with E-state index in [9.17, 15) is 0 Å². The Hall–Kier alpha value is -2.83. The fourth-order valence-electron chi connectivity index (χ4n) is 2.53. The molecule has 2 nitrogen and oxygen atoms in total. The standard InChI is InChI=1S/C20H15NOS/c1-3-22-17-11-7-10-16(12-17)19-14-21(2)13-18(20(19)23)15-8-5-4-6-9-15/h1,4-14H,2H3. The number of pyridine rings is 1. The van der Waals surface area contributed by atoms with Gasteiger partial charge in [0.1, 0.15) is 11.9 Å². The van der Waals surface area contributed by atoms with Crippen LogP contribution in [0.15, 0.2) is 67.0 Å². The van der Waals surface area contributed by atoms with E-state index in [1.807, 2.05) is 66.5 Å². The predicted octanol–water partition coefficient (Wildman–Crippen LogP) is 5.06. The van der Waals surface area contributed by atoms with Crippen LogP contribution in [0.3, 0.4) is 0 Å². The zero-order chi connectivity index (χ0) is 16.2. The number of aromatic nitrogens is 1. The van der Waals surface area contributed by atoms with Crippen molar-refractivity contribution in [3.05, 3.63) is 71.5 Å². The monoisotopic (exact) mass is 317 g/mol. The highest BCUT2D eigenvalue weighted by molar-refractivity contribution is 7.71. The lowest BCUT2D eigenvalue weighted by molar-refractivity contribution is 0.521. The minimum absolute atomic E-state index is 0.632. The van der Waals surface area contributed by atoms with Crippen molar-refractivity contribution in [2.75, 3.05) is 0 Å². The van der Waals surface area contributed by atoms with Gasteiger partial charge >= 0.3 is 0 Å². The molecule has 0 aliphatic carbocycles. The topological polar surface area (TPSA) is 14.2 Å². The van der Waals surface area contributed by atoms with Crippen molar-refractivity contribution in [2.24, 2.45) is 7.05 Å². The lowest BCUT2D eigenvalue weighted by atomic mass is 10.0. The van der Waals surface area contributed by atoms with E-state index in [0.717, 1.165) is 26.8 Å². The second kappa shape index (κ2) is 6.51. The molecular formula is C20H15NOS. The van der Waals surface area contributed by atoms with Crippen LogP contribution in [0.1, 0.15) is 0 Å². The average molecular weight is 317 g/mol. The Kier molecular flexibility index (Phi) is 4.27. The summed E-state index contributed by atoms with van der Waals surface area (Å²) in [7, 11) is 1.99. The van der Waals surface area contributed by atoms with E-state index in [0.29, 0.717) is 5.75 Å². The van der Waals surface area contributed by atoms with Crippen LogP contribution >= 0.6 is 12.2 Å².